The zero-order chi connectivity index (χ0) is 16.6. The molecule has 0 heterocycles. The molecule has 1 aromatic carbocycles. The Kier molecular flexibility index (Phi) is 5.55. The minimum atomic E-state index is -4.85. The monoisotopic (exact) mass is 393 g/mol. The van der Waals surface area contributed by atoms with Crippen LogP contribution in [0.15, 0.2) is 16.6 Å². The van der Waals surface area contributed by atoms with Crippen LogP contribution in [-0.4, -0.2) is 15.1 Å². The quantitative estimate of drug-likeness (QED) is 0.598. The van der Waals surface area contributed by atoms with Gasteiger partial charge < -0.3 is 0 Å². The molecule has 0 radical (unpaired) electrons. The Hall–Kier alpha value is -0.540. The van der Waals surface area contributed by atoms with Gasteiger partial charge in [0.2, 0.25) is 0 Å². The number of hydrogen-bond acceptors (Lipinski definition) is 1. The van der Waals surface area contributed by atoms with Crippen LogP contribution in [0.5, 0.6) is 0 Å². The number of benzene rings is 1. The van der Waals surface area contributed by atoms with Gasteiger partial charge in [0.25, 0.3) is 0 Å². The SMILES string of the molecule is CC(C)(C)[S@@](=O)N[C@@H](c1cc(F)c(Br)c(F)c1)C(F)(F)F. The summed E-state index contributed by atoms with van der Waals surface area (Å²) in [6.07, 6.45) is -4.85. The first-order chi connectivity index (χ1) is 9.34. The standard InChI is InChI=1S/C12H13BrF5NOS/c1-11(2,3)21(20)19-10(12(16,17)18)6-4-7(14)9(13)8(15)5-6/h4-5,10,19H,1-3H3/t10-,21+/m0/s1. The molecule has 0 spiro atoms. The van der Waals surface area contributed by atoms with Gasteiger partial charge in [-0.15, -0.1) is 0 Å². The lowest BCUT2D eigenvalue weighted by Crippen LogP contribution is -2.41. The van der Waals surface area contributed by atoms with E-state index in [0.29, 0.717) is 12.1 Å². The molecular weight excluding hydrogens is 381 g/mol. The van der Waals surface area contributed by atoms with Gasteiger partial charge in [-0.1, -0.05) is 0 Å². The number of alkyl halides is 3. The van der Waals surface area contributed by atoms with Crippen molar-refractivity contribution in [1.29, 1.82) is 0 Å². The molecule has 2 nitrogen and oxygen atoms in total. The van der Waals surface area contributed by atoms with Crippen LogP contribution in [0, 0.1) is 11.6 Å². The molecule has 0 saturated carbocycles. The number of halogens is 6. The normalized spacial score (nSPS) is 15.9. The van der Waals surface area contributed by atoms with E-state index in [-0.39, 0.29) is 0 Å². The Morgan fingerprint density at radius 2 is 1.57 bits per heavy atom. The van der Waals surface area contributed by atoms with Gasteiger partial charge in [-0.3, -0.25) is 0 Å². The third-order valence-electron chi connectivity index (χ3n) is 2.45. The molecule has 1 N–H and O–H groups in total. The fourth-order valence-corrected chi connectivity index (χ4v) is 2.42. The molecule has 21 heavy (non-hydrogen) atoms. The fourth-order valence-electron chi connectivity index (χ4n) is 1.35. The minimum Gasteiger partial charge on any atom is -0.242 e. The summed E-state index contributed by atoms with van der Waals surface area (Å²) in [5.41, 5.74) is -0.682. The molecule has 0 aliphatic rings. The molecule has 0 saturated heterocycles. The van der Waals surface area contributed by atoms with Gasteiger partial charge >= 0.3 is 6.18 Å². The molecule has 9 heteroatoms. The van der Waals surface area contributed by atoms with Gasteiger partial charge in [-0.2, -0.15) is 13.2 Å². The lowest BCUT2D eigenvalue weighted by molar-refractivity contribution is -0.152. The molecule has 0 aliphatic carbocycles. The van der Waals surface area contributed by atoms with Crippen molar-refractivity contribution in [2.45, 2.75) is 37.7 Å². The Balaban J connectivity index is 3.25. The van der Waals surface area contributed by atoms with Crippen molar-refractivity contribution in [3.05, 3.63) is 33.8 Å². The van der Waals surface area contributed by atoms with Gasteiger partial charge in [0.1, 0.15) is 17.7 Å². The zero-order valence-electron chi connectivity index (χ0n) is 11.3. The van der Waals surface area contributed by atoms with Gasteiger partial charge in [0.05, 0.1) is 20.2 Å². The lowest BCUT2D eigenvalue weighted by atomic mass is 10.1. The maximum absolute atomic E-state index is 13.4. The summed E-state index contributed by atoms with van der Waals surface area (Å²) < 4.78 is 78.2. The summed E-state index contributed by atoms with van der Waals surface area (Å²) in [7, 11) is -2.06. The second kappa shape index (κ2) is 6.29. The van der Waals surface area contributed by atoms with Crippen LogP contribution in [0.1, 0.15) is 32.4 Å². The van der Waals surface area contributed by atoms with Crippen LogP contribution >= 0.6 is 15.9 Å². The van der Waals surface area contributed by atoms with Crippen molar-refractivity contribution >= 4 is 26.9 Å². The molecule has 0 unspecified atom stereocenters. The molecule has 0 aliphatic heterocycles. The average Bonchev–Trinajstić information content (AvgIpc) is 2.29. The minimum absolute atomic E-state index is 0.552. The molecule has 0 bridgehead atoms. The van der Waals surface area contributed by atoms with Crippen LogP contribution < -0.4 is 4.72 Å². The summed E-state index contributed by atoms with van der Waals surface area (Å²) >= 11 is 2.58. The van der Waals surface area contributed by atoms with Crippen LogP contribution in [0.25, 0.3) is 0 Å². The Morgan fingerprint density at radius 1 is 1.14 bits per heavy atom. The van der Waals surface area contributed by atoms with E-state index in [1.807, 2.05) is 4.72 Å². The summed E-state index contributed by atoms with van der Waals surface area (Å²) in [4.78, 5) is 0. The van der Waals surface area contributed by atoms with E-state index in [0.717, 1.165) is 0 Å². The average molecular weight is 394 g/mol. The second-order valence-corrected chi connectivity index (χ2v) is 8.06. The van der Waals surface area contributed by atoms with Crippen LogP contribution in [0.2, 0.25) is 0 Å². The van der Waals surface area contributed by atoms with E-state index in [4.69, 9.17) is 0 Å². The van der Waals surface area contributed by atoms with Crippen molar-refractivity contribution in [3.8, 4) is 0 Å². The number of hydrogen-bond donors (Lipinski definition) is 1. The molecule has 2 atom stereocenters. The molecular formula is C12H13BrF5NOS. The third kappa shape index (κ3) is 4.72. The molecule has 1 rings (SSSR count). The highest BCUT2D eigenvalue weighted by Gasteiger charge is 2.43. The Morgan fingerprint density at radius 3 is 1.90 bits per heavy atom. The smallest absolute Gasteiger partial charge is 0.242 e. The van der Waals surface area contributed by atoms with Crippen molar-refractivity contribution in [2.75, 3.05) is 0 Å². The van der Waals surface area contributed by atoms with Gasteiger partial charge in [-0.05, 0) is 54.4 Å². The summed E-state index contributed by atoms with van der Waals surface area (Å²) in [5.74, 6) is -2.33. The van der Waals surface area contributed by atoms with Gasteiger partial charge in [-0.25, -0.2) is 17.7 Å². The lowest BCUT2D eigenvalue weighted by Gasteiger charge is -2.26. The molecule has 1 aromatic rings. The fraction of sp³-hybridized carbons (Fsp3) is 0.500. The summed E-state index contributed by atoms with van der Waals surface area (Å²) in [6, 6.07) is -1.33. The topological polar surface area (TPSA) is 29.1 Å². The van der Waals surface area contributed by atoms with Gasteiger partial charge in [0.15, 0.2) is 0 Å². The van der Waals surface area contributed by atoms with Gasteiger partial charge in [0, 0.05) is 0 Å². The molecule has 0 fully saturated rings. The first-order valence-corrected chi connectivity index (χ1v) is 7.67. The van der Waals surface area contributed by atoms with E-state index >= 15 is 0 Å². The highest BCUT2D eigenvalue weighted by atomic mass is 79.9. The first-order valence-electron chi connectivity index (χ1n) is 5.73. The van der Waals surface area contributed by atoms with E-state index in [1.165, 1.54) is 20.8 Å². The van der Waals surface area contributed by atoms with E-state index < -0.39 is 49.6 Å². The molecule has 0 aromatic heterocycles. The van der Waals surface area contributed by atoms with Crippen molar-refractivity contribution in [1.82, 2.24) is 4.72 Å². The maximum atomic E-state index is 13.4. The predicted molar refractivity (Wildman–Crippen MR) is 73.9 cm³/mol. The van der Waals surface area contributed by atoms with E-state index in [9.17, 15) is 26.2 Å². The third-order valence-corrected chi connectivity index (χ3v) is 4.77. The highest BCUT2D eigenvalue weighted by Crippen LogP contribution is 2.35. The number of nitrogens with one attached hydrogen (secondary N) is 1. The maximum Gasteiger partial charge on any atom is 0.408 e. The largest absolute Gasteiger partial charge is 0.408 e. The van der Waals surface area contributed by atoms with Crippen molar-refractivity contribution < 1.29 is 26.2 Å². The van der Waals surface area contributed by atoms with Crippen LogP contribution in [0.3, 0.4) is 0 Å². The molecule has 0 amide bonds. The Labute approximate surface area is 129 Å². The second-order valence-electron chi connectivity index (χ2n) is 5.27. The van der Waals surface area contributed by atoms with E-state index in [1.54, 1.807) is 0 Å². The highest BCUT2D eigenvalue weighted by molar-refractivity contribution is 9.10. The summed E-state index contributed by atoms with van der Waals surface area (Å²) in [5, 5.41) is 0. The predicted octanol–water partition coefficient (Wildman–Crippen LogP) is 4.38. The van der Waals surface area contributed by atoms with E-state index in [2.05, 4.69) is 15.9 Å². The zero-order valence-corrected chi connectivity index (χ0v) is 13.7. The molecule has 120 valence electrons. The Bertz CT molecular complexity index is 533. The number of rotatable bonds is 3. The van der Waals surface area contributed by atoms with Crippen LogP contribution in [0.4, 0.5) is 22.0 Å². The van der Waals surface area contributed by atoms with Crippen LogP contribution in [-0.2, 0) is 11.0 Å². The van der Waals surface area contributed by atoms with Crippen molar-refractivity contribution in [2.24, 2.45) is 0 Å². The van der Waals surface area contributed by atoms with Crippen molar-refractivity contribution in [3.63, 3.8) is 0 Å². The first kappa shape index (κ1) is 18.5. The summed E-state index contributed by atoms with van der Waals surface area (Å²) in [6.45, 7) is 4.44.